The highest BCUT2D eigenvalue weighted by molar-refractivity contribution is 4.69. The van der Waals surface area contributed by atoms with Crippen LogP contribution in [0.3, 0.4) is 0 Å². The van der Waals surface area contributed by atoms with E-state index in [1.165, 1.54) is 0 Å². The molecule has 0 saturated carbocycles. The van der Waals surface area contributed by atoms with Crippen LogP contribution in [0.2, 0.25) is 0 Å². The third kappa shape index (κ3) is 4.31. The van der Waals surface area contributed by atoms with Gasteiger partial charge in [0.25, 0.3) is 0 Å². The van der Waals surface area contributed by atoms with E-state index in [9.17, 15) is 5.21 Å². The van der Waals surface area contributed by atoms with Gasteiger partial charge in [-0.2, -0.15) is 0 Å². The lowest BCUT2D eigenvalue weighted by molar-refractivity contribution is -0.410. The smallest absolute Gasteiger partial charge is 0.0985 e. The number of rotatable bonds is 3. The molecule has 1 fully saturated rings. The summed E-state index contributed by atoms with van der Waals surface area (Å²) in [5.74, 6) is 0. The molecule has 11 heavy (non-hydrogen) atoms. The monoisotopic (exact) mass is 160 g/mol. The molecule has 0 aromatic heterocycles. The first-order chi connectivity index (χ1) is 4.97. The van der Waals surface area contributed by atoms with Crippen LogP contribution < -0.4 is 0 Å². The van der Waals surface area contributed by atoms with E-state index in [1.54, 1.807) is 0 Å². The van der Waals surface area contributed by atoms with Crippen molar-refractivity contribution in [3.8, 4) is 0 Å². The van der Waals surface area contributed by atoms with Crippen molar-refractivity contribution in [2.75, 3.05) is 13.2 Å². The number of hydrogen-bond donors (Lipinski definition) is 0. The van der Waals surface area contributed by atoms with Crippen LogP contribution in [0.5, 0.6) is 0 Å². The Morgan fingerprint density at radius 3 is 2.55 bits per heavy atom. The largest absolute Gasteiger partial charge is 0.372 e. The molecule has 1 atom stereocenters. The molecule has 1 aliphatic rings. The van der Waals surface area contributed by atoms with Crippen LogP contribution in [0.15, 0.2) is 0 Å². The van der Waals surface area contributed by atoms with Crippen LogP contribution in [0.25, 0.3) is 0 Å². The molecule has 0 bridgehead atoms. The third-order valence-corrected chi connectivity index (χ3v) is 1.13. The Morgan fingerprint density at radius 1 is 1.64 bits per heavy atom. The number of hydrogen-bond acceptors (Lipinski definition) is 3. The van der Waals surface area contributed by atoms with Crippen molar-refractivity contribution >= 4 is 0 Å². The molecule has 1 saturated heterocycles. The highest BCUT2D eigenvalue weighted by atomic mass is 16.9. The van der Waals surface area contributed by atoms with E-state index in [2.05, 4.69) is 0 Å². The Kier molecular flexibility index (Phi) is 2.49. The average Bonchev–Trinajstić information content (AvgIpc) is 2.42. The highest BCUT2D eigenvalue weighted by Gasteiger charge is 2.28. The molecule has 0 amide bonds. The molecule has 0 aromatic rings. The van der Waals surface area contributed by atoms with Crippen LogP contribution in [-0.4, -0.2) is 30.1 Å². The minimum atomic E-state index is -0.406. The topological polar surface area (TPSA) is 44.9 Å². The number of epoxide rings is 1. The van der Waals surface area contributed by atoms with Crippen molar-refractivity contribution in [3.63, 3.8) is 0 Å². The minimum absolute atomic E-state index is 0.0925. The first kappa shape index (κ1) is 8.93. The second kappa shape index (κ2) is 3.06. The van der Waals surface area contributed by atoms with E-state index in [0.717, 1.165) is 0 Å². The second-order valence-corrected chi connectivity index (χ2v) is 3.67. The lowest BCUT2D eigenvalue weighted by atomic mass is 10.2. The molecule has 0 spiro atoms. The van der Waals surface area contributed by atoms with Crippen LogP contribution in [0.4, 0.5) is 0 Å². The maximum absolute atomic E-state index is 10.9. The van der Waals surface area contributed by atoms with Gasteiger partial charge in [-0.05, 0) is 26.0 Å². The lowest BCUT2D eigenvalue weighted by Crippen LogP contribution is -2.32. The van der Waals surface area contributed by atoms with E-state index < -0.39 is 5.60 Å². The minimum Gasteiger partial charge on any atom is -0.372 e. The van der Waals surface area contributed by atoms with Crippen molar-refractivity contribution < 1.29 is 14.8 Å². The van der Waals surface area contributed by atoms with Gasteiger partial charge in [-0.15, -0.1) is 0 Å². The fourth-order valence-electron chi connectivity index (χ4n) is 0.682. The van der Waals surface area contributed by atoms with Crippen molar-refractivity contribution in [1.29, 1.82) is 0 Å². The number of ether oxygens (including phenoxy) is 1. The third-order valence-electron chi connectivity index (χ3n) is 1.13. The molecule has 1 rings (SSSR count). The van der Waals surface area contributed by atoms with Crippen molar-refractivity contribution in [2.45, 2.75) is 32.5 Å². The average molecular weight is 160 g/mol. The standard InChI is InChI=1S/C7H14NO3/c1-7(2,3)11-8(9)4-6-5-10-6/h6H,4-5H2,1-3H3. The fourth-order valence-corrected chi connectivity index (χ4v) is 0.682. The van der Waals surface area contributed by atoms with Gasteiger partial charge >= 0.3 is 0 Å². The van der Waals surface area contributed by atoms with Gasteiger partial charge in [0.1, 0.15) is 0 Å². The van der Waals surface area contributed by atoms with Gasteiger partial charge in [0.05, 0.1) is 24.9 Å². The maximum Gasteiger partial charge on any atom is 0.0985 e. The van der Waals surface area contributed by atoms with Gasteiger partial charge in [-0.3, -0.25) is 4.84 Å². The maximum atomic E-state index is 10.9. The quantitative estimate of drug-likeness (QED) is 0.452. The fraction of sp³-hybridized carbons (Fsp3) is 1.00. The van der Waals surface area contributed by atoms with E-state index in [4.69, 9.17) is 9.57 Å². The van der Waals surface area contributed by atoms with Crippen LogP contribution in [0.1, 0.15) is 20.8 Å². The molecular formula is C7H14NO3. The van der Waals surface area contributed by atoms with Crippen molar-refractivity contribution in [1.82, 2.24) is 5.23 Å². The second-order valence-electron chi connectivity index (χ2n) is 3.67. The Morgan fingerprint density at radius 2 is 2.18 bits per heavy atom. The van der Waals surface area contributed by atoms with Crippen LogP contribution in [-0.2, 0) is 14.8 Å². The molecule has 0 aromatic carbocycles. The van der Waals surface area contributed by atoms with Gasteiger partial charge in [-0.1, -0.05) is 5.21 Å². The summed E-state index contributed by atoms with van der Waals surface area (Å²) in [4.78, 5) is 4.99. The zero-order chi connectivity index (χ0) is 8.48. The summed E-state index contributed by atoms with van der Waals surface area (Å²) in [6, 6.07) is 0. The Balaban J connectivity index is 2.13. The zero-order valence-corrected chi connectivity index (χ0v) is 7.16. The first-order valence-electron chi connectivity index (χ1n) is 3.73. The predicted molar refractivity (Wildman–Crippen MR) is 38.0 cm³/mol. The van der Waals surface area contributed by atoms with Crippen molar-refractivity contribution in [3.05, 3.63) is 0 Å². The summed E-state index contributed by atoms with van der Waals surface area (Å²) >= 11 is 0. The molecule has 0 N–H and O–H groups in total. The normalized spacial score (nSPS) is 24.3. The molecule has 1 aliphatic heterocycles. The lowest BCUT2D eigenvalue weighted by Gasteiger charge is -2.22. The summed E-state index contributed by atoms with van der Waals surface area (Å²) in [6.07, 6.45) is 0.0925. The number of nitrogens with zero attached hydrogens (tertiary/aromatic N) is 1. The molecule has 4 nitrogen and oxygen atoms in total. The van der Waals surface area contributed by atoms with Gasteiger partial charge < -0.3 is 4.74 Å². The summed E-state index contributed by atoms with van der Waals surface area (Å²) in [6.45, 7) is 6.52. The van der Waals surface area contributed by atoms with E-state index in [0.29, 0.717) is 18.4 Å². The van der Waals surface area contributed by atoms with Gasteiger partial charge in [0, 0.05) is 0 Å². The Bertz CT molecular complexity index is 128. The van der Waals surface area contributed by atoms with Crippen molar-refractivity contribution in [2.24, 2.45) is 0 Å². The molecule has 1 heterocycles. The van der Waals surface area contributed by atoms with Crippen LogP contribution >= 0.6 is 0 Å². The molecule has 0 aliphatic carbocycles. The number of hydroxylamine groups is 2. The van der Waals surface area contributed by atoms with E-state index in [-0.39, 0.29) is 6.10 Å². The van der Waals surface area contributed by atoms with Gasteiger partial charge in [0.15, 0.2) is 0 Å². The molecule has 1 radical (unpaired) electrons. The van der Waals surface area contributed by atoms with E-state index in [1.807, 2.05) is 20.8 Å². The first-order valence-corrected chi connectivity index (χ1v) is 3.73. The zero-order valence-electron chi connectivity index (χ0n) is 7.16. The molecular weight excluding hydrogens is 146 g/mol. The van der Waals surface area contributed by atoms with E-state index >= 15 is 0 Å². The molecule has 65 valence electrons. The van der Waals surface area contributed by atoms with Crippen LogP contribution in [0, 0.1) is 0 Å². The predicted octanol–water partition coefficient (Wildman–Crippen LogP) is 0.763. The summed E-state index contributed by atoms with van der Waals surface area (Å²) in [7, 11) is 0. The van der Waals surface area contributed by atoms with Gasteiger partial charge in [-0.25, -0.2) is 0 Å². The summed E-state index contributed by atoms with van der Waals surface area (Å²) in [5, 5.41) is 11.5. The summed E-state index contributed by atoms with van der Waals surface area (Å²) in [5.41, 5.74) is -0.406. The van der Waals surface area contributed by atoms with Gasteiger partial charge in [0.2, 0.25) is 0 Å². The SMILES string of the molecule is CC(C)(C)ON([O])CC1CO1. The Hall–Kier alpha value is -0.160. The summed E-state index contributed by atoms with van der Waals surface area (Å²) < 4.78 is 4.87. The molecule has 1 unspecified atom stereocenters. The highest BCUT2D eigenvalue weighted by Crippen LogP contribution is 2.14. The Labute approximate surface area is 66.6 Å². The molecule has 4 heteroatoms.